The standard InChI is InChI=1S/C13H21N3.3ClH/c14-7-4-8-15-9-11-16(12-10-15)13-5-2-1-3-6-13;;;/h1-3,5-6H,4,7-12,14H2;3*1H. The van der Waals surface area contributed by atoms with Gasteiger partial charge >= 0.3 is 0 Å². The average Bonchev–Trinajstić information content (AvgIpc) is 2.38. The van der Waals surface area contributed by atoms with Gasteiger partial charge in [0.2, 0.25) is 0 Å². The van der Waals surface area contributed by atoms with Gasteiger partial charge in [0.25, 0.3) is 0 Å². The third-order valence-electron chi connectivity index (χ3n) is 3.17. The number of anilines is 1. The molecular formula is C13H24Cl3N3. The zero-order valence-corrected chi connectivity index (χ0v) is 13.5. The van der Waals surface area contributed by atoms with Crippen LogP contribution in [0.2, 0.25) is 0 Å². The van der Waals surface area contributed by atoms with Crippen molar-refractivity contribution in [1.82, 2.24) is 4.90 Å². The molecule has 2 N–H and O–H groups in total. The quantitative estimate of drug-likeness (QED) is 0.921. The molecule has 6 heteroatoms. The summed E-state index contributed by atoms with van der Waals surface area (Å²) >= 11 is 0. The summed E-state index contributed by atoms with van der Waals surface area (Å²) in [6.45, 7) is 6.55. The molecule has 1 fully saturated rings. The first-order valence-corrected chi connectivity index (χ1v) is 6.12. The van der Waals surface area contributed by atoms with Crippen LogP contribution in [0.4, 0.5) is 5.69 Å². The fourth-order valence-corrected chi connectivity index (χ4v) is 2.18. The number of rotatable bonds is 4. The minimum absolute atomic E-state index is 0. The fourth-order valence-electron chi connectivity index (χ4n) is 2.18. The van der Waals surface area contributed by atoms with Crippen LogP contribution in [0.25, 0.3) is 0 Å². The number of piperazine rings is 1. The number of halogens is 3. The van der Waals surface area contributed by atoms with Gasteiger partial charge in [0.05, 0.1) is 0 Å². The summed E-state index contributed by atoms with van der Waals surface area (Å²) < 4.78 is 0. The van der Waals surface area contributed by atoms with Crippen molar-refractivity contribution in [3.05, 3.63) is 30.3 Å². The van der Waals surface area contributed by atoms with E-state index in [0.29, 0.717) is 0 Å². The van der Waals surface area contributed by atoms with Crippen molar-refractivity contribution in [2.24, 2.45) is 5.73 Å². The first kappa shape index (κ1) is 21.1. The van der Waals surface area contributed by atoms with Crippen LogP contribution in [0.3, 0.4) is 0 Å². The van der Waals surface area contributed by atoms with E-state index in [0.717, 1.165) is 45.7 Å². The summed E-state index contributed by atoms with van der Waals surface area (Å²) in [6.07, 6.45) is 1.12. The highest BCUT2D eigenvalue weighted by molar-refractivity contribution is 5.86. The Morgan fingerprint density at radius 3 is 2.00 bits per heavy atom. The van der Waals surface area contributed by atoms with Crippen LogP contribution in [0.15, 0.2) is 30.3 Å². The Kier molecular flexibility index (Phi) is 12.9. The number of para-hydroxylation sites is 1. The third kappa shape index (κ3) is 6.68. The van der Waals surface area contributed by atoms with E-state index in [9.17, 15) is 0 Å². The SMILES string of the molecule is Cl.Cl.Cl.NCCCN1CCN(c2ccccc2)CC1. The van der Waals surface area contributed by atoms with Gasteiger partial charge in [-0.15, -0.1) is 37.2 Å². The molecule has 1 saturated heterocycles. The Morgan fingerprint density at radius 1 is 0.895 bits per heavy atom. The van der Waals surface area contributed by atoms with Gasteiger partial charge in [0.15, 0.2) is 0 Å². The molecule has 1 aromatic rings. The monoisotopic (exact) mass is 327 g/mol. The van der Waals surface area contributed by atoms with E-state index in [-0.39, 0.29) is 37.2 Å². The molecule has 19 heavy (non-hydrogen) atoms. The zero-order valence-electron chi connectivity index (χ0n) is 11.0. The highest BCUT2D eigenvalue weighted by atomic mass is 35.5. The van der Waals surface area contributed by atoms with Gasteiger partial charge in [-0.1, -0.05) is 18.2 Å². The molecule has 1 aliphatic rings. The summed E-state index contributed by atoms with van der Waals surface area (Å²) in [5, 5.41) is 0. The molecule has 0 atom stereocenters. The molecule has 1 aromatic carbocycles. The second kappa shape index (κ2) is 11.6. The van der Waals surface area contributed by atoms with Crippen LogP contribution in [-0.2, 0) is 0 Å². The third-order valence-corrected chi connectivity index (χ3v) is 3.17. The largest absolute Gasteiger partial charge is 0.369 e. The summed E-state index contributed by atoms with van der Waals surface area (Å²) in [4.78, 5) is 4.96. The van der Waals surface area contributed by atoms with Crippen LogP contribution < -0.4 is 10.6 Å². The molecule has 1 aliphatic heterocycles. The van der Waals surface area contributed by atoms with E-state index in [4.69, 9.17) is 5.73 Å². The molecular weight excluding hydrogens is 305 g/mol. The Labute approximate surface area is 134 Å². The second-order valence-electron chi connectivity index (χ2n) is 4.31. The Morgan fingerprint density at radius 2 is 1.47 bits per heavy atom. The van der Waals surface area contributed by atoms with Crippen molar-refractivity contribution in [1.29, 1.82) is 0 Å². The maximum Gasteiger partial charge on any atom is 0.0367 e. The van der Waals surface area contributed by atoms with Gasteiger partial charge in [-0.05, 0) is 31.6 Å². The van der Waals surface area contributed by atoms with E-state index in [1.54, 1.807) is 0 Å². The number of hydrogen-bond acceptors (Lipinski definition) is 3. The van der Waals surface area contributed by atoms with E-state index >= 15 is 0 Å². The van der Waals surface area contributed by atoms with E-state index in [1.807, 2.05) is 0 Å². The normalized spacial score (nSPS) is 14.9. The van der Waals surface area contributed by atoms with Gasteiger partial charge in [-0.3, -0.25) is 4.90 Å². The van der Waals surface area contributed by atoms with Crippen LogP contribution in [-0.4, -0.2) is 44.2 Å². The van der Waals surface area contributed by atoms with Gasteiger partial charge in [0, 0.05) is 31.9 Å². The van der Waals surface area contributed by atoms with Crippen LogP contribution >= 0.6 is 37.2 Å². The van der Waals surface area contributed by atoms with Crippen LogP contribution in [0, 0.1) is 0 Å². The predicted octanol–water partition coefficient (Wildman–Crippen LogP) is 2.42. The van der Waals surface area contributed by atoms with Crippen LogP contribution in [0.5, 0.6) is 0 Å². The summed E-state index contributed by atoms with van der Waals surface area (Å²) in [6, 6.07) is 10.7. The van der Waals surface area contributed by atoms with E-state index < -0.39 is 0 Å². The first-order chi connectivity index (χ1) is 7.90. The Bertz CT molecular complexity index is 303. The molecule has 0 radical (unpaired) electrons. The van der Waals surface area contributed by atoms with Gasteiger partial charge in [-0.25, -0.2) is 0 Å². The highest BCUT2D eigenvalue weighted by Crippen LogP contribution is 2.15. The number of nitrogens with two attached hydrogens (primary N) is 1. The van der Waals surface area contributed by atoms with Gasteiger partial charge < -0.3 is 10.6 Å². The maximum atomic E-state index is 5.53. The average molecular weight is 329 g/mol. The lowest BCUT2D eigenvalue weighted by molar-refractivity contribution is 0.256. The summed E-state index contributed by atoms with van der Waals surface area (Å²) in [5.74, 6) is 0. The topological polar surface area (TPSA) is 32.5 Å². The predicted molar refractivity (Wildman–Crippen MR) is 90.5 cm³/mol. The van der Waals surface area contributed by atoms with E-state index in [1.165, 1.54) is 5.69 Å². The van der Waals surface area contributed by atoms with Crippen molar-refractivity contribution in [3.8, 4) is 0 Å². The van der Waals surface area contributed by atoms with Crippen molar-refractivity contribution in [3.63, 3.8) is 0 Å². The maximum absolute atomic E-state index is 5.53. The van der Waals surface area contributed by atoms with Crippen molar-refractivity contribution in [2.75, 3.05) is 44.2 Å². The Balaban J connectivity index is 0. The number of nitrogens with zero attached hydrogens (tertiary/aromatic N) is 2. The fraction of sp³-hybridized carbons (Fsp3) is 0.538. The lowest BCUT2D eigenvalue weighted by atomic mass is 10.2. The summed E-state index contributed by atoms with van der Waals surface area (Å²) in [5.41, 5.74) is 6.88. The number of hydrogen-bond donors (Lipinski definition) is 1. The zero-order chi connectivity index (χ0) is 11.2. The van der Waals surface area contributed by atoms with Crippen molar-refractivity contribution >= 4 is 42.9 Å². The number of benzene rings is 1. The first-order valence-electron chi connectivity index (χ1n) is 6.12. The molecule has 0 amide bonds. The molecule has 2 rings (SSSR count). The molecule has 0 unspecified atom stereocenters. The molecule has 0 saturated carbocycles. The van der Waals surface area contributed by atoms with Crippen molar-refractivity contribution < 1.29 is 0 Å². The molecule has 0 aromatic heterocycles. The summed E-state index contributed by atoms with van der Waals surface area (Å²) in [7, 11) is 0. The van der Waals surface area contributed by atoms with Crippen molar-refractivity contribution in [2.45, 2.75) is 6.42 Å². The van der Waals surface area contributed by atoms with Gasteiger partial charge in [-0.2, -0.15) is 0 Å². The minimum atomic E-state index is 0. The molecule has 3 nitrogen and oxygen atoms in total. The van der Waals surface area contributed by atoms with Gasteiger partial charge in [0.1, 0.15) is 0 Å². The molecule has 112 valence electrons. The smallest absolute Gasteiger partial charge is 0.0367 e. The van der Waals surface area contributed by atoms with E-state index in [2.05, 4.69) is 40.1 Å². The Hall–Kier alpha value is -0.190. The molecule has 1 heterocycles. The molecule has 0 bridgehead atoms. The second-order valence-corrected chi connectivity index (χ2v) is 4.31. The minimum Gasteiger partial charge on any atom is -0.369 e. The lowest BCUT2D eigenvalue weighted by Crippen LogP contribution is -2.46. The molecule has 0 spiro atoms. The molecule has 0 aliphatic carbocycles. The lowest BCUT2D eigenvalue weighted by Gasteiger charge is -2.36. The highest BCUT2D eigenvalue weighted by Gasteiger charge is 2.15. The van der Waals surface area contributed by atoms with Crippen LogP contribution in [0.1, 0.15) is 6.42 Å².